The summed E-state index contributed by atoms with van der Waals surface area (Å²) < 4.78 is 10.9. The van der Waals surface area contributed by atoms with Crippen molar-refractivity contribution in [1.82, 2.24) is 9.80 Å². The van der Waals surface area contributed by atoms with E-state index in [1.165, 1.54) is 0 Å². The number of anilines is 1. The molecule has 1 fully saturated rings. The van der Waals surface area contributed by atoms with Gasteiger partial charge >= 0.3 is 0 Å². The van der Waals surface area contributed by atoms with Gasteiger partial charge in [0, 0.05) is 43.4 Å². The van der Waals surface area contributed by atoms with Crippen LogP contribution in [0.2, 0.25) is 5.02 Å². The van der Waals surface area contributed by atoms with Gasteiger partial charge in [-0.3, -0.25) is 14.6 Å². The number of methoxy groups -OCH3 is 1. The molecular formula is C22H28ClN3O4. The van der Waals surface area contributed by atoms with Gasteiger partial charge in [0.25, 0.3) is 0 Å². The second kappa shape index (κ2) is 11.2. The predicted octanol–water partition coefficient (Wildman–Crippen LogP) is 2.34. The number of hydrogen-bond donors (Lipinski definition) is 2. The van der Waals surface area contributed by atoms with E-state index >= 15 is 0 Å². The van der Waals surface area contributed by atoms with E-state index in [0.29, 0.717) is 29.6 Å². The van der Waals surface area contributed by atoms with Crippen molar-refractivity contribution in [2.45, 2.75) is 6.10 Å². The molecule has 1 aliphatic heterocycles. The lowest BCUT2D eigenvalue weighted by molar-refractivity contribution is -0.117. The summed E-state index contributed by atoms with van der Waals surface area (Å²) in [6.07, 6.45) is -0.602. The summed E-state index contributed by atoms with van der Waals surface area (Å²) in [7, 11) is 1.59. The summed E-state index contributed by atoms with van der Waals surface area (Å²) in [5, 5.41) is 13.8. The molecule has 1 aliphatic rings. The van der Waals surface area contributed by atoms with Gasteiger partial charge < -0.3 is 19.9 Å². The van der Waals surface area contributed by atoms with Crippen LogP contribution >= 0.6 is 11.6 Å². The number of carbonyl (C=O) groups is 1. The van der Waals surface area contributed by atoms with Crippen LogP contribution in [0.3, 0.4) is 0 Å². The van der Waals surface area contributed by atoms with Gasteiger partial charge in [-0.05, 0) is 36.4 Å². The van der Waals surface area contributed by atoms with Crippen molar-refractivity contribution >= 4 is 23.2 Å². The van der Waals surface area contributed by atoms with Crippen molar-refractivity contribution in [3.8, 4) is 11.5 Å². The largest absolute Gasteiger partial charge is 0.493 e. The summed E-state index contributed by atoms with van der Waals surface area (Å²) in [5.41, 5.74) is 0.737. The molecule has 30 heavy (non-hydrogen) atoms. The molecular weight excluding hydrogens is 406 g/mol. The van der Waals surface area contributed by atoms with Crippen LogP contribution in [-0.4, -0.2) is 79.9 Å². The minimum absolute atomic E-state index is 0.0454. The normalized spacial score (nSPS) is 16.1. The Hall–Kier alpha value is -2.32. The third kappa shape index (κ3) is 6.88. The Labute approximate surface area is 182 Å². The molecule has 0 aliphatic carbocycles. The SMILES string of the molecule is COc1ccccc1OCC(O)CN1CCN(CC(=O)Nc2ccc(Cl)cc2)CC1. The topological polar surface area (TPSA) is 74.3 Å². The molecule has 0 aromatic heterocycles. The van der Waals surface area contributed by atoms with Crippen molar-refractivity contribution in [3.63, 3.8) is 0 Å². The second-order valence-corrected chi connectivity index (χ2v) is 7.68. The quantitative estimate of drug-likeness (QED) is 0.632. The van der Waals surface area contributed by atoms with Crippen LogP contribution in [0.15, 0.2) is 48.5 Å². The van der Waals surface area contributed by atoms with E-state index in [-0.39, 0.29) is 12.5 Å². The Morgan fingerprint density at radius 2 is 1.70 bits per heavy atom. The van der Waals surface area contributed by atoms with Crippen LogP contribution in [0.25, 0.3) is 0 Å². The van der Waals surface area contributed by atoms with E-state index in [1.54, 1.807) is 31.4 Å². The van der Waals surface area contributed by atoms with Crippen molar-refractivity contribution in [2.24, 2.45) is 0 Å². The summed E-state index contributed by atoms with van der Waals surface area (Å²) in [6.45, 7) is 4.20. The van der Waals surface area contributed by atoms with Gasteiger partial charge in [-0.15, -0.1) is 0 Å². The molecule has 2 aromatic rings. The Morgan fingerprint density at radius 3 is 2.37 bits per heavy atom. The van der Waals surface area contributed by atoms with Crippen molar-refractivity contribution in [2.75, 3.05) is 58.3 Å². The molecule has 1 saturated heterocycles. The molecule has 8 heteroatoms. The van der Waals surface area contributed by atoms with E-state index in [9.17, 15) is 9.90 Å². The number of aliphatic hydroxyl groups is 1. The van der Waals surface area contributed by atoms with E-state index < -0.39 is 6.10 Å². The molecule has 2 aromatic carbocycles. The number of rotatable bonds is 9. The third-order valence-corrected chi connectivity index (χ3v) is 5.18. The van der Waals surface area contributed by atoms with Gasteiger partial charge in [0.05, 0.1) is 13.7 Å². The van der Waals surface area contributed by atoms with Gasteiger partial charge in [0.15, 0.2) is 11.5 Å². The predicted molar refractivity (Wildman–Crippen MR) is 117 cm³/mol. The van der Waals surface area contributed by atoms with Gasteiger partial charge in [0.2, 0.25) is 5.91 Å². The lowest BCUT2D eigenvalue weighted by Gasteiger charge is -2.35. The molecule has 0 radical (unpaired) electrons. The maximum atomic E-state index is 12.2. The molecule has 7 nitrogen and oxygen atoms in total. The number of carbonyl (C=O) groups excluding carboxylic acids is 1. The van der Waals surface area contributed by atoms with Crippen molar-refractivity contribution in [1.29, 1.82) is 0 Å². The number of hydrogen-bond acceptors (Lipinski definition) is 6. The number of ether oxygens (including phenoxy) is 2. The first-order valence-electron chi connectivity index (χ1n) is 9.97. The minimum atomic E-state index is -0.602. The Balaban J connectivity index is 1.35. The first-order chi connectivity index (χ1) is 14.5. The lowest BCUT2D eigenvalue weighted by atomic mass is 10.2. The summed E-state index contributed by atoms with van der Waals surface area (Å²) >= 11 is 5.86. The number of nitrogens with one attached hydrogen (secondary N) is 1. The van der Waals surface area contributed by atoms with Crippen LogP contribution in [0.1, 0.15) is 0 Å². The first kappa shape index (κ1) is 22.4. The number of nitrogens with zero attached hydrogens (tertiary/aromatic N) is 2. The van der Waals surface area contributed by atoms with E-state index in [4.69, 9.17) is 21.1 Å². The lowest BCUT2D eigenvalue weighted by Crippen LogP contribution is -2.50. The average Bonchev–Trinajstić information content (AvgIpc) is 2.75. The highest BCUT2D eigenvalue weighted by atomic mass is 35.5. The van der Waals surface area contributed by atoms with E-state index in [0.717, 1.165) is 31.9 Å². The highest BCUT2D eigenvalue weighted by Crippen LogP contribution is 2.25. The molecule has 1 heterocycles. The van der Waals surface area contributed by atoms with Crippen molar-refractivity contribution in [3.05, 3.63) is 53.6 Å². The van der Waals surface area contributed by atoms with E-state index in [2.05, 4.69) is 15.1 Å². The Kier molecular flexibility index (Phi) is 8.33. The highest BCUT2D eigenvalue weighted by molar-refractivity contribution is 6.30. The molecule has 0 spiro atoms. The van der Waals surface area contributed by atoms with Crippen LogP contribution in [0.4, 0.5) is 5.69 Å². The first-order valence-corrected chi connectivity index (χ1v) is 10.4. The number of aliphatic hydroxyl groups excluding tert-OH is 1. The van der Waals surface area contributed by atoms with Gasteiger partial charge in [0.1, 0.15) is 12.7 Å². The minimum Gasteiger partial charge on any atom is -0.493 e. The monoisotopic (exact) mass is 433 g/mol. The molecule has 2 N–H and O–H groups in total. The molecule has 0 bridgehead atoms. The van der Waals surface area contributed by atoms with Gasteiger partial charge in [-0.2, -0.15) is 0 Å². The number of benzene rings is 2. The molecule has 162 valence electrons. The Bertz CT molecular complexity index is 810. The molecule has 0 saturated carbocycles. The van der Waals surface area contributed by atoms with Crippen molar-refractivity contribution < 1.29 is 19.4 Å². The van der Waals surface area contributed by atoms with E-state index in [1.807, 2.05) is 24.3 Å². The summed E-state index contributed by atoms with van der Waals surface area (Å²) in [4.78, 5) is 16.5. The highest BCUT2D eigenvalue weighted by Gasteiger charge is 2.21. The van der Waals surface area contributed by atoms with Crippen LogP contribution in [-0.2, 0) is 4.79 Å². The standard InChI is InChI=1S/C22H28ClN3O4/c1-29-20-4-2-3-5-21(20)30-16-19(27)14-25-10-12-26(13-11-25)15-22(28)24-18-8-6-17(23)7-9-18/h2-9,19,27H,10-16H2,1H3,(H,24,28). The number of β-amino-alcohol motifs (C(OH)–C–C–N with tert-alkyl or cyclic N) is 1. The number of piperazine rings is 1. The smallest absolute Gasteiger partial charge is 0.238 e. The molecule has 1 atom stereocenters. The average molecular weight is 434 g/mol. The van der Waals surface area contributed by atoms with Gasteiger partial charge in [-0.1, -0.05) is 23.7 Å². The number of halogens is 1. The zero-order valence-corrected chi connectivity index (χ0v) is 17.8. The summed E-state index contributed by atoms with van der Waals surface area (Å²) in [5.74, 6) is 1.22. The molecule has 1 unspecified atom stereocenters. The Morgan fingerprint density at radius 1 is 1.07 bits per heavy atom. The maximum Gasteiger partial charge on any atom is 0.238 e. The number of para-hydroxylation sites is 2. The van der Waals surface area contributed by atoms with Crippen LogP contribution in [0, 0.1) is 0 Å². The fourth-order valence-electron chi connectivity index (χ4n) is 3.34. The zero-order valence-electron chi connectivity index (χ0n) is 17.1. The summed E-state index contributed by atoms with van der Waals surface area (Å²) in [6, 6.07) is 14.4. The third-order valence-electron chi connectivity index (χ3n) is 4.93. The van der Waals surface area contributed by atoms with Gasteiger partial charge in [-0.25, -0.2) is 0 Å². The van der Waals surface area contributed by atoms with Crippen LogP contribution in [0.5, 0.6) is 11.5 Å². The molecule has 3 rings (SSSR count). The molecule has 1 amide bonds. The second-order valence-electron chi connectivity index (χ2n) is 7.25. The zero-order chi connectivity index (χ0) is 21.3. The van der Waals surface area contributed by atoms with Crippen LogP contribution < -0.4 is 14.8 Å². The fraction of sp³-hybridized carbons (Fsp3) is 0.409. The fourth-order valence-corrected chi connectivity index (χ4v) is 3.47. The number of amides is 1. The maximum absolute atomic E-state index is 12.2.